The fourth-order valence-electron chi connectivity index (χ4n) is 4.11. The molecular formula is C25H32Cl2N2O4. The highest BCUT2D eigenvalue weighted by molar-refractivity contribution is 6.15. The van der Waals surface area contributed by atoms with Gasteiger partial charge in [-0.25, -0.2) is 0 Å². The first-order valence-electron chi connectivity index (χ1n) is 10.9. The number of Topliss-reactive ketones (excluding diaryl/α,β-unsaturated/α-hetero) is 1. The van der Waals surface area contributed by atoms with Crippen LogP contribution in [0, 0.1) is 0 Å². The predicted octanol–water partition coefficient (Wildman–Crippen LogP) is 4.09. The van der Waals surface area contributed by atoms with Gasteiger partial charge in [0.05, 0.1) is 17.7 Å². The van der Waals surface area contributed by atoms with Crippen molar-refractivity contribution >= 4 is 36.7 Å². The average molecular weight is 495 g/mol. The Hall–Kier alpha value is -2.09. The first-order chi connectivity index (χ1) is 15.0. The molecule has 2 aromatic rings. The van der Waals surface area contributed by atoms with Crippen LogP contribution < -0.4 is 4.74 Å². The molecule has 0 radical (unpaired) electrons. The molecule has 0 unspecified atom stereocenters. The number of hydrogen-bond donors (Lipinski definition) is 2. The number of ether oxygens (including phenoxy) is 1. The van der Waals surface area contributed by atoms with Gasteiger partial charge >= 0.3 is 0 Å². The summed E-state index contributed by atoms with van der Waals surface area (Å²) in [7, 11) is 0. The SMILES string of the molecule is CC(C)c1ccc(C=C2Oc3c(ccc(O)c3CN3CCN(CCO)CC3)C2=O)cc1.Cl.Cl. The van der Waals surface area contributed by atoms with E-state index in [9.17, 15) is 9.90 Å². The molecule has 0 saturated carbocycles. The van der Waals surface area contributed by atoms with Crippen molar-refractivity contribution in [2.24, 2.45) is 0 Å². The number of piperazine rings is 1. The number of halogens is 2. The van der Waals surface area contributed by atoms with Gasteiger partial charge in [-0.3, -0.25) is 14.6 Å². The Morgan fingerprint density at radius 3 is 2.24 bits per heavy atom. The van der Waals surface area contributed by atoms with E-state index in [1.807, 2.05) is 12.1 Å². The third-order valence-corrected chi connectivity index (χ3v) is 6.08. The Labute approximate surface area is 207 Å². The molecule has 0 amide bonds. The highest BCUT2D eigenvalue weighted by Crippen LogP contribution is 2.40. The minimum absolute atomic E-state index is 0. The maximum atomic E-state index is 12.9. The zero-order valence-electron chi connectivity index (χ0n) is 19.0. The highest BCUT2D eigenvalue weighted by Gasteiger charge is 2.32. The standard InChI is InChI=1S/C25H30N2O4.2ClH/c1-17(2)19-5-3-18(4-6-19)15-23-24(30)20-7-8-22(29)21(25(20)31-23)16-27-11-9-26(10-12-27)13-14-28;;/h3-8,15,17,28-29H,9-14,16H2,1-2H3;2*1H. The topological polar surface area (TPSA) is 73.2 Å². The van der Waals surface area contributed by atoms with Crippen LogP contribution in [0.4, 0.5) is 0 Å². The number of hydrogen-bond acceptors (Lipinski definition) is 6. The van der Waals surface area contributed by atoms with Crippen molar-refractivity contribution in [3.63, 3.8) is 0 Å². The van der Waals surface area contributed by atoms with Gasteiger partial charge in [-0.2, -0.15) is 0 Å². The molecule has 2 aliphatic rings. The van der Waals surface area contributed by atoms with E-state index in [0.717, 1.165) is 31.7 Å². The molecular weight excluding hydrogens is 463 g/mol. The zero-order chi connectivity index (χ0) is 22.0. The number of benzene rings is 2. The first-order valence-corrected chi connectivity index (χ1v) is 10.9. The Bertz CT molecular complexity index is 985. The second kappa shape index (κ2) is 11.9. The normalized spacial score (nSPS) is 17.5. The van der Waals surface area contributed by atoms with Gasteiger partial charge in [0.2, 0.25) is 5.78 Å². The largest absolute Gasteiger partial charge is 0.507 e. The van der Waals surface area contributed by atoms with Crippen molar-refractivity contribution in [1.29, 1.82) is 0 Å². The molecule has 2 N–H and O–H groups in total. The molecule has 8 heteroatoms. The molecule has 2 aliphatic heterocycles. The number of aromatic hydroxyl groups is 1. The number of rotatable bonds is 6. The summed E-state index contributed by atoms with van der Waals surface area (Å²) in [6.45, 7) is 9.07. The lowest BCUT2D eigenvalue weighted by atomic mass is 10.0. The van der Waals surface area contributed by atoms with Gasteiger partial charge in [-0.1, -0.05) is 38.1 Å². The smallest absolute Gasteiger partial charge is 0.231 e. The molecule has 2 aromatic carbocycles. The second-order valence-electron chi connectivity index (χ2n) is 8.54. The van der Waals surface area contributed by atoms with Gasteiger partial charge in [0.1, 0.15) is 11.5 Å². The van der Waals surface area contributed by atoms with Crippen molar-refractivity contribution in [2.45, 2.75) is 26.3 Å². The lowest BCUT2D eigenvalue weighted by molar-refractivity contribution is 0.101. The van der Waals surface area contributed by atoms with E-state index >= 15 is 0 Å². The molecule has 0 aliphatic carbocycles. The summed E-state index contributed by atoms with van der Waals surface area (Å²) in [4.78, 5) is 17.4. The van der Waals surface area contributed by atoms with Crippen LogP contribution in [-0.2, 0) is 6.54 Å². The van der Waals surface area contributed by atoms with E-state index in [1.165, 1.54) is 5.56 Å². The van der Waals surface area contributed by atoms with Crippen molar-refractivity contribution in [2.75, 3.05) is 39.3 Å². The van der Waals surface area contributed by atoms with Gasteiger partial charge in [-0.05, 0) is 35.3 Å². The molecule has 0 bridgehead atoms. The molecule has 1 fully saturated rings. The molecule has 1 saturated heterocycles. The van der Waals surface area contributed by atoms with Crippen LogP contribution in [-0.4, -0.2) is 65.1 Å². The number of fused-ring (bicyclic) bond motifs is 1. The van der Waals surface area contributed by atoms with Crippen LogP contribution in [0.25, 0.3) is 6.08 Å². The maximum absolute atomic E-state index is 12.9. The van der Waals surface area contributed by atoms with Crippen LogP contribution in [0.1, 0.15) is 46.8 Å². The second-order valence-corrected chi connectivity index (χ2v) is 8.54. The summed E-state index contributed by atoms with van der Waals surface area (Å²) in [5, 5.41) is 19.6. The molecule has 0 spiro atoms. The van der Waals surface area contributed by atoms with Crippen molar-refractivity contribution in [3.05, 3.63) is 64.4 Å². The maximum Gasteiger partial charge on any atom is 0.231 e. The van der Waals surface area contributed by atoms with Crippen LogP contribution in [0.15, 0.2) is 42.2 Å². The van der Waals surface area contributed by atoms with E-state index in [-0.39, 0.29) is 48.7 Å². The number of allylic oxidation sites excluding steroid dienone is 1. The summed E-state index contributed by atoms with van der Waals surface area (Å²) < 4.78 is 6.00. The Morgan fingerprint density at radius 1 is 1.00 bits per heavy atom. The average Bonchev–Trinajstić information content (AvgIpc) is 3.07. The summed E-state index contributed by atoms with van der Waals surface area (Å²) >= 11 is 0. The summed E-state index contributed by atoms with van der Waals surface area (Å²) in [5.74, 6) is 1.19. The van der Waals surface area contributed by atoms with E-state index < -0.39 is 0 Å². The quantitative estimate of drug-likeness (QED) is 0.589. The Balaban J connectivity index is 0.00000193. The van der Waals surface area contributed by atoms with Crippen LogP contribution >= 0.6 is 24.8 Å². The number of aliphatic hydroxyl groups is 1. The third kappa shape index (κ3) is 6.08. The monoisotopic (exact) mass is 494 g/mol. The molecule has 33 heavy (non-hydrogen) atoms. The van der Waals surface area contributed by atoms with Crippen LogP contribution in [0.3, 0.4) is 0 Å². The number of ketones is 1. The Morgan fingerprint density at radius 2 is 1.64 bits per heavy atom. The van der Waals surface area contributed by atoms with E-state index in [1.54, 1.807) is 18.2 Å². The minimum atomic E-state index is -0.156. The third-order valence-electron chi connectivity index (χ3n) is 6.08. The summed E-state index contributed by atoms with van der Waals surface area (Å²) in [6, 6.07) is 11.3. The van der Waals surface area contributed by atoms with Crippen molar-refractivity contribution in [1.82, 2.24) is 9.80 Å². The number of phenols is 1. The van der Waals surface area contributed by atoms with Crippen LogP contribution in [0.5, 0.6) is 11.5 Å². The zero-order valence-corrected chi connectivity index (χ0v) is 20.6. The van der Waals surface area contributed by atoms with Gasteiger partial charge in [0, 0.05) is 39.3 Å². The molecule has 6 nitrogen and oxygen atoms in total. The van der Waals surface area contributed by atoms with Gasteiger partial charge in [0.25, 0.3) is 0 Å². The van der Waals surface area contributed by atoms with Gasteiger partial charge in [0.15, 0.2) is 5.76 Å². The predicted molar refractivity (Wildman–Crippen MR) is 135 cm³/mol. The number of carbonyl (C=O) groups excluding carboxylic acids is 1. The van der Waals surface area contributed by atoms with Gasteiger partial charge in [-0.15, -0.1) is 24.8 Å². The lowest BCUT2D eigenvalue weighted by Gasteiger charge is -2.34. The van der Waals surface area contributed by atoms with Crippen molar-refractivity contribution in [3.8, 4) is 11.5 Å². The number of nitrogens with zero attached hydrogens (tertiary/aromatic N) is 2. The van der Waals surface area contributed by atoms with Crippen molar-refractivity contribution < 1.29 is 19.7 Å². The van der Waals surface area contributed by atoms with Crippen LogP contribution in [0.2, 0.25) is 0 Å². The summed E-state index contributed by atoms with van der Waals surface area (Å²) in [5.41, 5.74) is 3.30. The highest BCUT2D eigenvalue weighted by atomic mass is 35.5. The fourth-order valence-corrected chi connectivity index (χ4v) is 4.11. The minimum Gasteiger partial charge on any atom is -0.507 e. The van der Waals surface area contributed by atoms with Gasteiger partial charge < -0.3 is 14.9 Å². The van der Waals surface area contributed by atoms with E-state index in [4.69, 9.17) is 9.84 Å². The number of aliphatic hydroxyl groups excluding tert-OH is 1. The number of β-amino-alcohol motifs (C(OH)–C–C–N with tert-alkyl or cyclic N) is 1. The molecule has 180 valence electrons. The molecule has 2 heterocycles. The van der Waals surface area contributed by atoms with E-state index in [0.29, 0.717) is 35.9 Å². The van der Waals surface area contributed by atoms with E-state index in [2.05, 4.69) is 35.8 Å². The fraction of sp³-hybridized carbons (Fsp3) is 0.400. The Kier molecular flexibility index (Phi) is 9.76. The first kappa shape index (κ1) is 27.2. The number of phenolic OH excluding ortho intramolecular Hbond substituents is 1. The summed E-state index contributed by atoms with van der Waals surface area (Å²) in [6.07, 6.45) is 1.76. The number of carbonyl (C=O) groups is 1. The molecule has 0 aromatic heterocycles. The molecule has 0 atom stereocenters. The molecule has 4 rings (SSSR count). The lowest BCUT2D eigenvalue weighted by Crippen LogP contribution is -2.46.